The van der Waals surface area contributed by atoms with Crippen molar-refractivity contribution >= 4 is 39.9 Å². The standard InChI is InChI=1S/C15H15FN4OS2/c1-8-11-7-10(16)3-4-12(11)18-13(8)14(21)17-5-6-22-15-20-19-9(2)23-15/h3-4,7,18H,5-6H2,1-2H3,(H,17,21). The molecule has 0 atom stereocenters. The number of hydrogen-bond acceptors (Lipinski definition) is 5. The Morgan fingerprint density at radius 3 is 2.96 bits per heavy atom. The lowest BCUT2D eigenvalue weighted by atomic mass is 10.1. The lowest BCUT2D eigenvalue weighted by molar-refractivity contribution is 0.0951. The Labute approximate surface area is 140 Å². The van der Waals surface area contributed by atoms with Crippen molar-refractivity contribution in [3.63, 3.8) is 0 Å². The summed E-state index contributed by atoms with van der Waals surface area (Å²) in [6.45, 7) is 4.24. The molecule has 2 aromatic heterocycles. The SMILES string of the molecule is Cc1nnc(SCCNC(=O)c2[nH]c3ccc(F)cc3c2C)s1. The number of carbonyl (C=O) groups is 1. The second-order valence-corrected chi connectivity index (χ2v) is 7.53. The van der Waals surface area contributed by atoms with Crippen molar-refractivity contribution in [2.75, 3.05) is 12.3 Å². The van der Waals surface area contributed by atoms with Gasteiger partial charge in [0.1, 0.15) is 16.5 Å². The Balaban J connectivity index is 1.61. The maximum atomic E-state index is 13.3. The number of hydrogen-bond donors (Lipinski definition) is 2. The number of thioether (sulfide) groups is 1. The highest BCUT2D eigenvalue weighted by Crippen LogP contribution is 2.23. The van der Waals surface area contributed by atoms with E-state index >= 15 is 0 Å². The van der Waals surface area contributed by atoms with Gasteiger partial charge in [-0.25, -0.2) is 4.39 Å². The van der Waals surface area contributed by atoms with Crippen LogP contribution in [0.3, 0.4) is 0 Å². The Bertz CT molecular complexity index is 858. The third-order valence-corrected chi connectivity index (χ3v) is 5.34. The van der Waals surface area contributed by atoms with E-state index in [1.807, 2.05) is 13.8 Å². The highest BCUT2D eigenvalue weighted by Gasteiger charge is 2.14. The second kappa shape index (κ2) is 6.67. The number of nitrogens with zero attached hydrogens (tertiary/aromatic N) is 2. The van der Waals surface area contributed by atoms with Gasteiger partial charge in [0, 0.05) is 23.2 Å². The van der Waals surface area contributed by atoms with Crippen molar-refractivity contribution in [1.29, 1.82) is 0 Å². The molecule has 0 fully saturated rings. The Morgan fingerprint density at radius 2 is 2.22 bits per heavy atom. The van der Waals surface area contributed by atoms with Gasteiger partial charge in [-0.15, -0.1) is 10.2 Å². The molecule has 5 nitrogen and oxygen atoms in total. The summed E-state index contributed by atoms with van der Waals surface area (Å²) in [5.74, 6) is 0.220. The number of nitrogens with one attached hydrogen (secondary N) is 2. The molecule has 0 saturated heterocycles. The number of benzene rings is 1. The minimum Gasteiger partial charge on any atom is -0.350 e. The molecule has 0 aliphatic rings. The van der Waals surface area contributed by atoms with Crippen molar-refractivity contribution in [1.82, 2.24) is 20.5 Å². The fourth-order valence-corrected chi connectivity index (χ4v) is 3.99. The lowest BCUT2D eigenvalue weighted by Crippen LogP contribution is -2.26. The van der Waals surface area contributed by atoms with Gasteiger partial charge < -0.3 is 10.3 Å². The van der Waals surface area contributed by atoms with Gasteiger partial charge in [-0.2, -0.15) is 0 Å². The van der Waals surface area contributed by atoms with Crippen LogP contribution in [0.15, 0.2) is 22.5 Å². The first-order valence-electron chi connectivity index (χ1n) is 7.03. The first-order chi connectivity index (χ1) is 11.0. The molecular formula is C15H15FN4OS2. The van der Waals surface area contributed by atoms with E-state index in [1.54, 1.807) is 17.8 Å². The fourth-order valence-electron chi connectivity index (χ4n) is 2.25. The normalized spacial score (nSPS) is 11.1. The Morgan fingerprint density at radius 1 is 1.39 bits per heavy atom. The maximum absolute atomic E-state index is 13.3. The fraction of sp³-hybridized carbons (Fsp3) is 0.267. The van der Waals surface area contributed by atoms with Crippen molar-refractivity contribution in [3.05, 3.63) is 40.3 Å². The van der Waals surface area contributed by atoms with E-state index in [0.717, 1.165) is 25.8 Å². The molecule has 1 aromatic carbocycles. The number of fused-ring (bicyclic) bond motifs is 1. The third-order valence-electron chi connectivity index (χ3n) is 3.37. The van der Waals surface area contributed by atoms with Crippen LogP contribution < -0.4 is 5.32 Å². The number of aromatic amines is 1. The summed E-state index contributed by atoms with van der Waals surface area (Å²) < 4.78 is 14.2. The molecule has 120 valence electrons. The number of aromatic nitrogens is 3. The number of rotatable bonds is 5. The van der Waals surface area contributed by atoms with Crippen LogP contribution in [-0.4, -0.2) is 33.4 Å². The van der Waals surface area contributed by atoms with Crippen LogP contribution in [0.5, 0.6) is 0 Å². The van der Waals surface area contributed by atoms with Crippen LogP contribution in [0, 0.1) is 19.7 Å². The van der Waals surface area contributed by atoms with Gasteiger partial charge in [0.25, 0.3) is 5.91 Å². The van der Waals surface area contributed by atoms with Gasteiger partial charge in [0.15, 0.2) is 4.34 Å². The largest absolute Gasteiger partial charge is 0.350 e. The van der Waals surface area contributed by atoms with Crippen molar-refractivity contribution in [2.24, 2.45) is 0 Å². The monoisotopic (exact) mass is 350 g/mol. The zero-order valence-corrected chi connectivity index (χ0v) is 14.3. The first kappa shape index (κ1) is 15.9. The van der Waals surface area contributed by atoms with Crippen LogP contribution in [0.2, 0.25) is 0 Å². The molecule has 2 N–H and O–H groups in total. The average Bonchev–Trinajstić information content (AvgIpc) is 3.08. The maximum Gasteiger partial charge on any atom is 0.268 e. The van der Waals surface area contributed by atoms with Gasteiger partial charge >= 0.3 is 0 Å². The van der Waals surface area contributed by atoms with Crippen LogP contribution in [0.4, 0.5) is 4.39 Å². The quantitative estimate of drug-likeness (QED) is 0.547. The molecule has 0 spiro atoms. The van der Waals surface area contributed by atoms with Gasteiger partial charge in [-0.3, -0.25) is 4.79 Å². The molecule has 0 aliphatic heterocycles. The van der Waals surface area contributed by atoms with E-state index in [9.17, 15) is 9.18 Å². The van der Waals surface area contributed by atoms with Crippen molar-refractivity contribution in [3.8, 4) is 0 Å². The molecule has 0 radical (unpaired) electrons. The highest BCUT2D eigenvalue weighted by molar-refractivity contribution is 8.01. The first-order valence-corrected chi connectivity index (χ1v) is 8.84. The number of amides is 1. The molecule has 3 rings (SSSR count). The van der Waals surface area contributed by atoms with Crippen LogP contribution in [-0.2, 0) is 0 Å². The summed E-state index contributed by atoms with van der Waals surface area (Å²) in [4.78, 5) is 15.3. The molecule has 0 aliphatic carbocycles. The van der Waals surface area contributed by atoms with Gasteiger partial charge in [-0.1, -0.05) is 23.1 Å². The van der Waals surface area contributed by atoms with E-state index < -0.39 is 0 Å². The average molecular weight is 350 g/mol. The van der Waals surface area contributed by atoms with E-state index in [4.69, 9.17) is 0 Å². The highest BCUT2D eigenvalue weighted by atomic mass is 32.2. The minimum atomic E-state index is -0.310. The molecule has 2 heterocycles. The van der Waals surface area contributed by atoms with Crippen molar-refractivity contribution < 1.29 is 9.18 Å². The number of carbonyl (C=O) groups excluding carboxylic acids is 1. The molecule has 0 unspecified atom stereocenters. The molecule has 3 aromatic rings. The number of aryl methyl sites for hydroxylation is 2. The van der Waals surface area contributed by atoms with E-state index in [1.165, 1.54) is 23.5 Å². The van der Waals surface area contributed by atoms with E-state index in [0.29, 0.717) is 18.0 Å². The zero-order chi connectivity index (χ0) is 16.4. The third kappa shape index (κ3) is 3.53. The molecule has 8 heteroatoms. The predicted octanol–water partition coefficient (Wildman–Crippen LogP) is 3.30. The Hall–Kier alpha value is -1.93. The van der Waals surface area contributed by atoms with Crippen LogP contribution in [0.25, 0.3) is 10.9 Å². The summed E-state index contributed by atoms with van der Waals surface area (Å²) in [7, 11) is 0. The van der Waals surface area contributed by atoms with E-state index in [-0.39, 0.29) is 11.7 Å². The second-order valence-electron chi connectivity index (χ2n) is 5.01. The number of H-pyrrole nitrogens is 1. The summed E-state index contributed by atoms with van der Waals surface area (Å²) >= 11 is 3.10. The predicted molar refractivity (Wildman–Crippen MR) is 90.7 cm³/mol. The van der Waals surface area contributed by atoms with Crippen molar-refractivity contribution in [2.45, 2.75) is 18.2 Å². The smallest absolute Gasteiger partial charge is 0.268 e. The summed E-state index contributed by atoms with van der Waals surface area (Å²) in [5.41, 5.74) is 1.99. The molecule has 0 bridgehead atoms. The molecule has 0 saturated carbocycles. The molecule has 1 amide bonds. The summed E-state index contributed by atoms with van der Waals surface area (Å²) in [6, 6.07) is 4.45. The van der Waals surface area contributed by atoms with Crippen LogP contribution >= 0.6 is 23.1 Å². The summed E-state index contributed by atoms with van der Waals surface area (Å²) in [6.07, 6.45) is 0. The Kier molecular flexibility index (Phi) is 4.63. The molecule has 23 heavy (non-hydrogen) atoms. The van der Waals surface area contributed by atoms with Gasteiger partial charge in [0.05, 0.1) is 0 Å². The number of halogens is 1. The van der Waals surface area contributed by atoms with Gasteiger partial charge in [-0.05, 0) is 37.6 Å². The minimum absolute atomic E-state index is 0.187. The lowest BCUT2D eigenvalue weighted by Gasteiger charge is -2.03. The topological polar surface area (TPSA) is 70.7 Å². The molecular weight excluding hydrogens is 335 g/mol. The van der Waals surface area contributed by atoms with Gasteiger partial charge in [0.2, 0.25) is 0 Å². The van der Waals surface area contributed by atoms with Crippen LogP contribution in [0.1, 0.15) is 21.1 Å². The van der Waals surface area contributed by atoms with E-state index in [2.05, 4.69) is 20.5 Å². The zero-order valence-electron chi connectivity index (χ0n) is 12.6. The summed E-state index contributed by atoms with van der Waals surface area (Å²) in [5, 5.41) is 12.5.